The van der Waals surface area contributed by atoms with Crippen LogP contribution in [0.15, 0.2) is 6.07 Å². The van der Waals surface area contributed by atoms with Crippen LogP contribution in [-0.4, -0.2) is 4.98 Å². The van der Waals surface area contributed by atoms with E-state index in [1.54, 1.807) is 22.6 Å². The minimum absolute atomic E-state index is 0.0131. The summed E-state index contributed by atoms with van der Waals surface area (Å²) in [4.78, 5) is 3.82. The van der Waals surface area contributed by atoms with Gasteiger partial charge in [0.05, 0.1) is 21.8 Å². The smallest absolute Gasteiger partial charge is 0.265 e. The van der Waals surface area contributed by atoms with Gasteiger partial charge in [0, 0.05) is 5.56 Å². The summed E-state index contributed by atoms with van der Waals surface area (Å²) in [6.07, 6.45) is -2.61. The lowest BCUT2D eigenvalue weighted by Crippen LogP contribution is -2.03. The zero-order valence-electron chi connectivity index (χ0n) is 6.97. The van der Waals surface area contributed by atoms with Crippen molar-refractivity contribution in [3.05, 3.63) is 20.9 Å². The Bertz CT molecular complexity index is 387. The molecular formula is C8H6F2IN3. The largest absolute Gasteiger partial charge is 0.383 e. The molecule has 1 heterocycles. The van der Waals surface area contributed by atoms with Crippen LogP contribution in [0.25, 0.3) is 0 Å². The minimum atomic E-state index is -2.59. The van der Waals surface area contributed by atoms with E-state index in [4.69, 9.17) is 11.0 Å². The molecule has 0 aromatic carbocycles. The number of alkyl halides is 2. The van der Waals surface area contributed by atoms with Crippen LogP contribution in [0.5, 0.6) is 0 Å². The number of nitrogen functional groups attached to an aromatic ring is 1. The van der Waals surface area contributed by atoms with Gasteiger partial charge in [-0.3, -0.25) is 0 Å². The third-order valence-electron chi connectivity index (χ3n) is 1.56. The molecule has 1 aromatic heterocycles. The molecule has 74 valence electrons. The van der Waals surface area contributed by atoms with Crippen LogP contribution < -0.4 is 5.73 Å². The molecule has 1 aromatic rings. The van der Waals surface area contributed by atoms with Gasteiger partial charge in [-0.05, 0) is 28.7 Å². The standard InChI is InChI=1S/C8H6F2IN3/c9-7(10)5-3-4(1-2-12)14-8(13)6(5)11/h3,7H,1H2,(H2,13,14). The maximum Gasteiger partial charge on any atom is 0.265 e. The van der Waals surface area contributed by atoms with Gasteiger partial charge in [0.1, 0.15) is 5.82 Å². The van der Waals surface area contributed by atoms with Gasteiger partial charge in [0.25, 0.3) is 6.43 Å². The highest BCUT2D eigenvalue weighted by atomic mass is 127. The molecule has 0 saturated heterocycles. The quantitative estimate of drug-likeness (QED) is 0.853. The van der Waals surface area contributed by atoms with Crippen LogP contribution >= 0.6 is 22.6 Å². The zero-order valence-corrected chi connectivity index (χ0v) is 9.12. The van der Waals surface area contributed by atoms with Crippen molar-refractivity contribution in [2.24, 2.45) is 0 Å². The molecule has 0 aliphatic carbocycles. The van der Waals surface area contributed by atoms with Crippen LogP contribution in [0, 0.1) is 14.9 Å². The third-order valence-corrected chi connectivity index (χ3v) is 2.74. The fraction of sp³-hybridized carbons (Fsp3) is 0.250. The topological polar surface area (TPSA) is 62.7 Å². The first-order valence-electron chi connectivity index (χ1n) is 3.66. The number of nitrogens with zero attached hydrogens (tertiary/aromatic N) is 2. The number of hydrogen-bond donors (Lipinski definition) is 1. The summed E-state index contributed by atoms with van der Waals surface area (Å²) in [5.41, 5.74) is 5.54. The summed E-state index contributed by atoms with van der Waals surface area (Å²) >= 11 is 1.71. The second-order valence-electron chi connectivity index (χ2n) is 2.54. The Labute approximate surface area is 93.1 Å². The van der Waals surface area contributed by atoms with Gasteiger partial charge in [-0.25, -0.2) is 13.8 Å². The maximum absolute atomic E-state index is 12.5. The molecule has 0 amide bonds. The summed E-state index contributed by atoms with van der Waals surface area (Å²) in [5.74, 6) is 0.0497. The van der Waals surface area contributed by atoms with E-state index in [9.17, 15) is 8.78 Å². The van der Waals surface area contributed by atoms with Crippen molar-refractivity contribution in [1.82, 2.24) is 4.98 Å². The Kier molecular flexibility index (Phi) is 3.57. The molecule has 0 unspecified atom stereocenters. The van der Waals surface area contributed by atoms with Gasteiger partial charge in [-0.15, -0.1) is 0 Å². The molecule has 0 spiro atoms. The van der Waals surface area contributed by atoms with E-state index in [0.717, 1.165) is 0 Å². The molecule has 6 heteroatoms. The number of nitriles is 1. The fourth-order valence-corrected chi connectivity index (χ4v) is 1.47. The van der Waals surface area contributed by atoms with Gasteiger partial charge >= 0.3 is 0 Å². The predicted octanol–water partition coefficient (Wildman–Crippen LogP) is 2.27. The third kappa shape index (κ3) is 2.29. The molecule has 2 N–H and O–H groups in total. The number of pyridine rings is 1. The highest BCUT2D eigenvalue weighted by Crippen LogP contribution is 2.28. The van der Waals surface area contributed by atoms with Crippen molar-refractivity contribution in [1.29, 1.82) is 5.26 Å². The Morgan fingerprint density at radius 1 is 1.64 bits per heavy atom. The number of halogens is 3. The van der Waals surface area contributed by atoms with Crippen LogP contribution in [0.1, 0.15) is 17.7 Å². The molecule has 0 aliphatic rings. The monoisotopic (exact) mass is 309 g/mol. The molecule has 0 atom stereocenters. The SMILES string of the molecule is N#CCc1cc(C(F)F)c(I)c(N)n1. The normalized spacial score (nSPS) is 10.2. The summed E-state index contributed by atoms with van der Waals surface area (Å²) in [7, 11) is 0. The highest BCUT2D eigenvalue weighted by molar-refractivity contribution is 14.1. The predicted molar refractivity (Wildman–Crippen MR) is 55.6 cm³/mol. The van der Waals surface area contributed by atoms with Gasteiger partial charge in [0.15, 0.2) is 0 Å². The van der Waals surface area contributed by atoms with Crippen molar-refractivity contribution in [3.8, 4) is 6.07 Å². The second kappa shape index (κ2) is 4.50. The minimum Gasteiger partial charge on any atom is -0.383 e. The Morgan fingerprint density at radius 2 is 2.29 bits per heavy atom. The van der Waals surface area contributed by atoms with Crippen LogP contribution in [-0.2, 0) is 6.42 Å². The molecule has 0 saturated carbocycles. The molecule has 0 bridgehead atoms. The van der Waals surface area contributed by atoms with E-state index < -0.39 is 6.43 Å². The van der Waals surface area contributed by atoms with E-state index in [1.807, 2.05) is 6.07 Å². The van der Waals surface area contributed by atoms with Crippen molar-refractivity contribution >= 4 is 28.4 Å². The van der Waals surface area contributed by atoms with E-state index in [1.165, 1.54) is 6.07 Å². The number of nitrogens with two attached hydrogens (primary N) is 1. The Hall–Kier alpha value is -0.970. The average Bonchev–Trinajstić information content (AvgIpc) is 2.11. The first kappa shape index (κ1) is 11.1. The van der Waals surface area contributed by atoms with E-state index in [-0.39, 0.29) is 27.1 Å². The Morgan fingerprint density at radius 3 is 2.79 bits per heavy atom. The molecule has 0 radical (unpaired) electrons. The summed E-state index contributed by atoms with van der Waals surface area (Å²) in [5, 5.41) is 8.39. The van der Waals surface area contributed by atoms with E-state index in [2.05, 4.69) is 4.98 Å². The summed E-state index contributed by atoms with van der Waals surface area (Å²) in [6, 6.07) is 3.05. The molecule has 3 nitrogen and oxygen atoms in total. The second-order valence-corrected chi connectivity index (χ2v) is 3.62. The summed E-state index contributed by atoms with van der Waals surface area (Å²) < 4.78 is 25.2. The van der Waals surface area contributed by atoms with Crippen molar-refractivity contribution in [2.45, 2.75) is 12.8 Å². The van der Waals surface area contributed by atoms with Crippen molar-refractivity contribution in [3.63, 3.8) is 0 Å². The molecule has 0 aliphatic heterocycles. The number of aromatic nitrogens is 1. The fourth-order valence-electron chi connectivity index (χ4n) is 0.957. The van der Waals surface area contributed by atoms with Gasteiger partial charge in [-0.2, -0.15) is 5.26 Å². The molecule has 0 fully saturated rings. The molecular weight excluding hydrogens is 303 g/mol. The Balaban J connectivity index is 3.22. The van der Waals surface area contributed by atoms with Gasteiger partial charge in [-0.1, -0.05) is 0 Å². The number of hydrogen-bond acceptors (Lipinski definition) is 3. The van der Waals surface area contributed by atoms with E-state index >= 15 is 0 Å². The molecule has 14 heavy (non-hydrogen) atoms. The van der Waals surface area contributed by atoms with Crippen LogP contribution in [0.4, 0.5) is 14.6 Å². The first-order chi connectivity index (χ1) is 6.56. The maximum atomic E-state index is 12.5. The lowest BCUT2D eigenvalue weighted by molar-refractivity contribution is 0.150. The first-order valence-corrected chi connectivity index (χ1v) is 4.74. The highest BCUT2D eigenvalue weighted by Gasteiger charge is 2.15. The summed E-state index contributed by atoms with van der Waals surface area (Å²) in [6.45, 7) is 0. The van der Waals surface area contributed by atoms with Gasteiger partial charge < -0.3 is 5.73 Å². The average molecular weight is 309 g/mol. The lowest BCUT2D eigenvalue weighted by atomic mass is 10.2. The number of anilines is 1. The van der Waals surface area contributed by atoms with Crippen molar-refractivity contribution in [2.75, 3.05) is 5.73 Å². The number of rotatable bonds is 2. The van der Waals surface area contributed by atoms with Gasteiger partial charge in [0.2, 0.25) is 0 Å². The van der Waals surface area contributed by atoms with Crippen LogP contribution in [0.2, 0.25) is 0 Å². The van der Waals surface area contributed by atoms with E-state index in [0.29, 0.717) is 0 Å². The molecule has 1 rings (SSSR count). The van der Waals surface area contributed by atoms with Crippen LogP contribution in [0.3, 0.4) is 0 Å². The zero-order chi connectivity index (χ0) is 10.7. The van der Waals surface area contributed by atoms with Crippen molar-refractivity contribution < 1.29 is 8.78 Å². The lowest BCUT2D eigenvalue weighted by Gasteiger charge is -2.07.